The SMILES string of the molecule is O=C(O)CC(O)(C(=O)O)c1ccc(F)cc1. The van der Waals surface area contributed by atoms with Gasteiger partial charge in [0.05, 0.1) is 6.42 Å². The molecule has 0 bridgehead atoms. The minimum absolute atomic E-state index is 0.177. The summed E-state index contributed by atoms with van der Waals surface area (Å²) in [5.41, 5.74) is -2.72. The van der Waals surface area contributed by atoms with E-state index in [9.17, 15) is 19.1 Å². The molecule has 0 amide bonds. The molecule has 0 aliphatic rings. The van der Waals surface area contributed by atoms with Gasteiger partial charge in [-0.25, -0.2) is 9.18 Å². The topological polar surface area (TPSA) is 94.8 Å². The van der Waals surface area contributed by atoms with Crippen molar-refractivity contribution in [3.05, 3.63) is 35.6 Å². The lowest BCUT2D eigenvalue weighted by atomic mass is 9.90. The van der Waals surface area contributed by atoms with Crippen molar-refractivity contribution in [3.63, 3.8) is 0 Å². The second-order valence-electron chi connectivity index (χ2n) is 3.24. The van der Waals surface area contributed by atoms with Crippen molar-refractivity contribution in [2.45, 2.75) is 12.0 Å². The molecule has 0 radical (unpaired) electrons. The van der Waals surface area contributed by atoms with Gasteiger partial charge in [-0.05, 0) is 17.7 Å². The summed E-state index contributed by atoms with van der Waals surface area (Å²) in [7, 11) is 0. The Morgan fingerprint density at radius 3 is 2.06 bits per heavy atom. The van der Waals surface area contributed by atoms with Gasteiger partial charge in [-0.2, -0.15) is 0 Å². The fourth-order valence-corrected chi connectivity index (χ4v) is 1.25. The van der Waals surface area contributed by atoms with Gasteiger partial charge in [0.25, 0.3) is 0 Å². The predicted molar refractivity (Wildman–Crippen MR) is 50.2 cm³/mol. The number of aliphatic hydroxyl groups is 1. The summed E-state index contributed by atoms with van der Waals surface area (Å²) in [4.78, 5) is 21.3. The number of halogens is 1. The Bertz CT molecular complexity index is 414. The van der Waals surface area contributed by atoms with Gasteiger partial charge in [0, 0.05) is 0 Å². The van der Waals surface area contributed by atoms with Crippen molar-refractivity contribution in [1.29, 1.82) is 0 Å². The summed E-state index contributed by atoms with van der Waals surface area (Å²) in [6, 6.07) is 3.97. The Balaban J connectivity index is 3.16. The molecule has 1 aromatic carbocycles. The highest BCUT2D eigenvalue weighted by atomic mass is 19.1. The van der Waals surface area contributed by atoms with E-state index in [2.05, 4.69) is 0 Å². The van der Waals surface area contributed by atoms with Crippen molar-refractivity contribution in [2.24, 2.45) is 0 Å². The lowest BCUT2D eigenvalue weighted by molar-refractivity contribution is -0.166. The molecule has 86 valence electrons. The monoisotopic (exact) mass is 228 g/mol. The van der Waals surface area contributed by atoms with E-state index in [1.807, 2.05) is 0 Å². The van der Waals surface area contributed by atoms with Crippen LogP contribution in [0, 0.1) is 5.82 Å². The lowest BCUT2D eigenvalue weighted by Crippen LogP contribution is -2.37. The Hall–Kier alpha value is -1.95. The van der Waals surface area contributed by atoms with Crippen molar-refractivity contribution < 1.29 is 29.3 Å². The molecule has 1 rings (SSSR count). The van der Waals surface area contributed by atoms with Crippen molar-refractivity contribution in [1.82, 2.24) is 0 Å². The van der Waals surface area contributed by atoms with E-state index in [-0.39, 0.29) is 5.56 Å². The molecule has 5 nitrogen and oxygen atoms in total. The lowest BCUT2D eigenvalue weighted by Gasteiger charge is -2.21. The number of hydrogen-bond acceptors (Lipinski definition) is 3. The highest BCUT2D eigenvalue weighted by Crippen LogP contribution is 2.25. The Labute approximate surface area is 89.8 Å². The van der Waals surface area contributed by atoms with E-state index in [0.29, 0.717) is 0 Å². The van der Waals surface area contributed by atoms with E-state index >= 15 is 0 Å². The molecule has 1 atom stereocenters. The van der Waals surface area contributed by atoms with Crippen LogP contribution in [0.4, 0.5) is 4.39 Å². The standard InChI is InChI=1S/C10H9FO5/c11-7-3-1-6(2-4-7)10(16,9(14)15)5-8(12)13/h1-4,16H,5H2,(H,12,13)(H,14,15). The summed E-state index contributed by atoms with van der Waals surface area (Å²) < 4.78 is 12.6. The Kier molecular flexibility index (Phi) is 3.24. The highest BCUT2D eigenvalue weighted by Gasteiger charge is 2.40. The summed E-state index contributed by atoms with van der Waals surface area (Å²) >= 11 is 0. The highest BCUT2D eigenvalue weighted by molar-refractivity contribution is 5.85. The van der Waals surface area contributed by atoms with Crippen molar-refractivity contribution >= 4 is 11.9 Å². The number of carbonyl (C=O) groups is 2. The molecule has 0 heterocycles. The van der Waals surface area contributed by atoms with Gasteiger partial charge in [-0.1, -0.05) is 12.1 Å². The fraction of sp³-hybridized carbons (Fsp3) is 0.200. The zero-order valence-electron chi connectivity index (χ0n) is 8.05. The third kappa shape index (κ3) is 2.34. The Morgan fingerprint density at radius 2 is 1.69 bits per heavy atom. The van der Waals surface area contributed by atoms with Crippen LogP contribution in [0.5, 0.6) is 0 Å². The molecular formula is C10H9FO5. The van der Waals surface area contributed by atoms with Gasteiger partial charge in [0.15, 0.2) is 5.60 Å². The summed E-state index contributed by atoms with van der Waals surface area (Å²) in [6.45, 7) is 0. The molecule has 3 N–H and O–H groups in total. The maximum Gasteiger partial charge on any atom is 0.341 e. The van der Waals surface area contributed by atoms with Crippen LogP contribution in [0.2, 0.25) is 0 Å². The molecule has 0 fully saturated rings. The molecule has 0 aliphatic heterocycles. The number of carboxylic acids is 2. The van der Waals surface area contributed by atoms with Gasteiger partial charge in [-0.15, -0.1) is 0 Å². The summed E-state index contributed by atoms with van der Waals surface area (Å²) in [5, 5.41) is 27.0. The fourth-order valence-electron chi connectivity index (χ4n) is 1.25. The first-order valence-electron chi connectivity index (χ1n) is 4.30. The third-order valence-corrected chi connectivity index (χ3v) is 2.08. The van der Waals surface area contributed by atoms with Gasteiger partial charge in [0.1, 0.15) is 5.82 Å². The number of benzene rings is 1. The van der Waals surface area contributed by atoms with Crippen LogP contribution in [0.1, 0.15) is 12.0 Å². The normalized spacial score (nSPS) is 14.1. The molecule has 6 heteroatoms. The molecule has 0 saturated carbocycles. The number of rotatable bonds is 4. The smallest absolute Gasteiger partial charge is 0.341 e. The maximum atomic E-state index is 12.6. The van der Waals surface area contributed by atoms with E-state index < -0.39 is 29.8 Å². The first-order chi connectivity index (χ1) is 7.36. The Morgan fingerprint density at radius 1 is 1.19 bits per heavy atom. The van der Waals surface area contributed by atoms with Gasteiger partial charge >= 0.3 is 11.9 Å². The average Bonchev–Trinajstić information content (AvgIpc) is 2.17. The van der Waals surface area contributed by atoms with E-state index in [1.54, 1.807) is 0 Å². The van der Waals surface area contributed by atoms with Crippen molar-refractivity contribution in [3.8, 4) is 0 Å². The zero-order chi connectivity index (χ0) is 12.3. The third-order valence-electron chi connectivity index (χ3n) is 2.08. The zero-order valence-corrected chi connectivity index (χ0v) is 8.05. The van der Waals surface area contributed by atoms with E-state index in [1.165, 1.54) is 0 Å². The van der Waals surface area contributed by atoms with Gasteiger partial charge < -0.3 is 15.3 Å². The molecule has 16 heavy (non-hydrogen) atoms. The number of carboxylic acid groups (broad SMARTS) is 2. The minimum Gasteiger partial charge on any atom is -0.481 e. The molecule has 1 aromatic rings. The molecule has 1 unspecified atom stereocenters. The minimum atomic E-state index is -2.54. The first kappa shape index (κ1) is 12.1. The van der Waals surface area contributed by atoms with E-state index in [4.69, 9.17) is 10.2 Å². The maximum absolute atomic E-state index is 12.6. The van der Waals surface area contributed by atoms with Crippen LogP contribution < -0.4 is 0 Å². The van der Waals surface area contributed by atoms with Crippen LogP contribution in [-0.2, 0) is 15.2 Å². The van der Waals surface area contributed by atoms with Gasteiger partial charge in [-0.3, -0.25) is 4.79 Å². The molecular weight excluding hydrogens is 219 g/mol. The van der Waals surface area contributed by atoms with Crippen LogP contribution in [0.3, 0.4) is 0 Å². The largest absolute Gasteiger partial charge is 0.481 e. The first-order valence-corrected chi connectivity index (χ1v) is 4.30. The van der Waals surface area contributed by atoms with Crippen LogP contribution in [0.25, 0.3) is 0 Å². The quantitative estimate of drug-likeness (QED) is 0.700. The van der Waals surface area contributed by atoms with E-state index in [0.717, 1.165) is 24.3 Å². The molecule has 0 spiro atoms. The average molecular weight is 228 g/mol. The second kappa shape index (κ2) is 4.28. The number of hydrogen-bond donors (Lipinski definition) is 3. The van der Waals surface area contributed by atoms with Crippen LogP contribution in [0.15, 0.2) is 24.3 Å². The summed E-state index contributed by atoms with van der Waals surface area (Å²) in [5.74, 6) is -3.76. The second-order valence-corrected chi connectivity index (χ2v) is 3.24. The van der Waals surface area contributed by atoms with Crippen molar-refractivity contribution in [2.75, 3.05) is 0 Å². The predicted octanol–water partition coefficient (Wildman–Crippen LogP) is 0.573. The van der Waals surface area contributed by atoms with Crippen LogP contribution >= 0.6 is 0 Å². The van der Waals surface area contributed by atoms with Gasteiger partial charge in [0.2, 0.25) is 0 Å². The molecule has 0 saturated heterocycles. The van der Waals surface area contributed by atoms with Crippen LogP contribution in [-0.4, -0.2) is 27.3 Å². The summed E-state index contributed by atoms with van der Waals surface area (Å²) in [6.07, 6.45) is -0.992. The molecule has 0 aromatic heterocycles. The number of aliphatic carboxylic acids is 2. The molecule has 0 aliphatic carbocycles.